The Balaban J connectivity index is 0. The molecule has 206 valence electrons. The number of rotatable bonds is 0. The van der Waals surface area contributed by atoms with Crippen LogP contribution in [-0.2, 0) is 48.9 Å². The van der Waals surface area contributed by atoms with E-state index < -0.39 is 0 Å². The zero-order chi connectivity index (χ0) is 26.9. The minimum Gasteiger partial charge on any atom is -1.00 e. The van der Waals surface area contributed by atoms with Gasteiger partial charge in [-0.25, -0.2) is 12.1 Å². The Morgan fingerprint density at radius 3 is 1.66 bits per heavy atom. The van der Waals surface area contributed by atoms with E-state index >= 15 is 0 Å². The molecule has 0 N–H and O–H groups in total. The van der Waals surface area contributed by atoms with Crippen LogP contribution in [0.1, 0.15) is 107 Å². The molecule has 0 saturated heterocycles. The van der Waals surface area contributed by atoms with E-state index in [0.29, 0.717) is 5.41 Å². The molecule has 3 aromatic rings. The van der Waals surface area contributed by atoms with Gasteiger partial charge in [-0.2, -0.15) is 29.3 Å². The van der Waals surface area contributed by atoms with Gasteiger partial charge in [0.05, 0.1) is 0 Å². The summed E-state index contributed by atoms with van der Waals surface area (Å²) in [6.07, 6.45) is 1.03. The molecule has 0 fully saturated rings. The Bertz CT molecular complexity index is 1110. The molecule has 0 unspecified atom stereocenters. The van der Waals surface area contributed by atoms with E-state index in [0.717, 1.165) is 6.42 Å². The Labute approximate surface area is 266 Å². The molecule has 3 aromatic carbocycles. The number of hydrogen-bond acceptors (Lipinski definition) is 0. The molecular formula is C35H48Cl2Zr. The van der Waals surface area contributed by atoms with Crippen molar-refractivity contribution in [3.05, 3.63) is 100 Å². The first-order chi connectivity index (χ1) is 16.0. The monoisotopic (exact) mass is 628 g/mol. The molecule has 1 aliphatic rings. The van der Waals surface area contributed by atoms with Crippen molar-refractivity contribution in [1.29, 1.82) is 0 Å². The van der Waals surface area contributed by atoms with Crippen molar-refractivity contribution in [2.75, 3.05) is 0 Å². The summed E-state index contributed by atoms with van der Waals surface area (Å²) in [6.45, 7) is 33.2. The topological polar surface area (TPSA) is 0 Å². The molecular weight excluding hydrogens is 583 g/mol. The zero-order valence-electron chi connectivity index (χ0n) is 25.8. The van der Waals surface area contributed by atoms with Crippen molar-refractivity contribution in [1.82, 2.24) is 0 Å². The van der Waals surface area contributed by atoms with Crippen LogP contribution in [0.25, 0.3) is 11.1 Å². The summed E-state index contributed by atoms with van der Waals surface area (Å²) in [6, 6.07) is 17.4. The average Bonchev–Trinajstić information content (AvgIpc) is 3.29. The van der Waals surface area contributed by atoms with Crippen LogP contribution in [-0.4, -0.2) is 0 Å². The molecule has 0 nitrogen and oxygen atoms in total. The van der Waals surface area contributed by atoms with E-state index in [1.807, 2.05) is 0 Å². The second-order valence-corrected chi connectivity index (χ2v) is 13.1. The van der Waals surface area contributed by atoms with Crippen LogP contribution in [0.15, 0.2) is 49.6 Å². The third-order valence-corrected chi connectivity index (χ3v) is 6.92. The van der Waals surface area contributed by atoms with Crippen LogP contribution in [0.5, 0.6) is 0 Å². The van der Waals surface area contributed by atoms with Crippen molar-refractivity contribution >= 4 is 0 Å². The summed E-state index contributed by atoms with van der Waals surface area (Å²) >= 11 is 0. The largest absolute Gasteiger partial charge is 4.00 e. The predicted octanol–water partition coefficient (Wildman–Crippen LogP) is 4.09. The smallest absolute Gasteiger partial charge is 1.00 e. The van der Waals surface area contributed by atoms with Gasteiger partial charge in [0.25, 0.3) is 0 Å². The van der Waals surface area contributed by atoms with E-state index in [2.05, 4.69) is 139 Å². The summed E-state index contributed by atoms with van der Waals surface area (Å²) in [5, 5.41) is 0. The van der Waals surface area contributed by atoms with Gasteiger partial charge in [0.15, 0.2) is 0 Å². The van der Waals surface area contributed by atoms with Gasteiger partial charge in [0.1, 0.15) is 0 Å². The van der Waals surface area contributed by atoms with Crippen LogP contribution < -0.4 is 24.8 Å². The second-order valence-electron chi connectivity index (χ2n) is 13.1. The zero-order valence-corrected chi connectivity index (χ0v) is 29.8. The first kappa shape index (κ1) is 39.1. The van der Waals surface area contributed by atoms with Crippen LogP contribution in [0.2, 0.25) is 0 Å². The molecule has 4 rings (SSSR count). The standard InChI is InChI=1S/C23H29.C10H15.C2H4.2ClH.Zr/c1-14-9-16-11-17-10-15(2)21(23(6,7)8)13-19(17)18(16)12-20(14)22(3,4)5;1-8-6-5-7-9(8)10(2,3)4;1-2;;;/h9,12-13H,11H2,1-8H3;5-7H,1-4H3;1-2H2;2*1H;/q2*-1;;;;+4/p-2. The summed E-state index contributed by atoms with van der Waals surface area (Å²) in [4.78, 5) is 0. The minimum atomic E-state index is 0. The second kappa shape index (κ2) is 14.6. The molecule has 1 aliphatic carbocycles. The number of hydrogen-bond donors (Lipinski definition) is 0. The molecule has 0 bridgehead atoms. The normalized spacial score (nSPS) is 11.7. The third kappa shape index (κ3) is 9.01. The Morgan fingerprint density at radius 2 is 1.26 bits per heavy atom. The quantitative estimate of drug-likeness (QED) is 0.203. The molecule has 0 radical (unpaired) electrons. The fraction of sp³-hybridized carbons (Fsp3) is 0.457. The third-order valence-electron chi connectivity index (χ3n) is 6.92. The maximum Gasteiger partial charge on any atom is 4.00 e. The summed E-state index contributed by atoms with van der Waals surface area (Å²) in [5.41, 5.74) is 14.8. The van der Waals surface area contributed by atoms with Crippen molar-refractivity contribution in [2.45, 2.75) is 106 Å². The average molecular weight is 631 g/mol. The fourth-order valence-corrected chi connectivity index (χ4v) is 5.37. The van der Waals surface area contributed by atoms with Gasteiger partial charge in [-0.3, -0.25) is 0 Å². The molecule has 0 aromatic heterocycles. The van der Waals surface area contributed by atoms with Gasteiger partial charge >= 0.3 is 26.2 Å². The molecule has 0 aliphatic heterocycles. The van der Waals surface area contributed by atoms with Crippen molar-refractivity contribution in [3.8, 4) is 11.1 Å². The minimum absolute atomic E-state index is 0. The van der Waals surface area contributed by atoms with E-state index in [1.54, 1.807) is 0 Å². The molecule has 0 spiro atoms. The van der Waals surface area contributed by atoms with Crippen LogP contribution in [0.4, 0.5) is 0 Å². The number of halogens is 2. The number of benzene rings is 2. The van der Waals surface area contributed by atoms with E-state index in [4.69, 9.17) is 0 Å². The molecule has 0 atom stereocenters. The Kier molecular flexibility index (Phi) is 15.0. The maximum atomic E-state index is 3.69. The number of fused-ring (bicyclic) bond motifs is 3. The van der Waals surface area contributed by atoms with Crippen molar-refractivity contribution < 1.29 is 51.0 Å². The van der Waals surface area contributed by atoms with Gasteiger partial charge in [0.2, 0.25) is 0 Å². The molecule has 0 saturated carbocycles. The molecule has 0 heterocycles. The van der Waals surface area contributed by atoms with Crippen LogP contribution >= 0.6 is 0 Å². The molecule has 38 heavy (non-hydrogen) atoms. The van der Waals surface area contributed by atoms with Gasteiger partial charge < -0.3 is 24.8 Å². The summed E-state index contributed by atoms with van der Waals surface area (Å²) in [7, 11) is 0. The van der Waals surface area contributed by atoms with Crippen LogP contribution in [0, 0.1) is 26.8 Å². The number of aryl methyl sites for hydroxylation is 3. The molecule has 0 amide bonds. The summed E-state index contributed by atoms with van der Waals surface area (Å²) < 4.78 is 0. The summed E-state index contributed by atoms with van der Waals surface area (Å²) in [5.74, 6) is 0. The van der Waals surface area contributed by atoms with Crippen molar-refractivity contribution in [3.63, 3.8) is 0 Å². The van der Waals surface area contributed by atoms with E-state index in [1.165, 1.54) is 55.6 Å². The maximum absolute atomic E-state index is 3.69. The van der Waals surface area contributed by atoms with E-state index in [-0.39, 0.29) is 61.8 Å². The van der Waals surface area contributed by atoms with Crippen molar-refractivity contribution in [2.24, 2.45) is 0 Å². The SMILES string of the molecule is C=C.Cc1[c-]c2c(cc1C(C)(C)C)-c1cc(C(C)(C)C)c(C)cc1C2.Cc1ccc[c-]1C(C)(C)C.[Cl-].[Cl-].[Zr+4]. The predicted molar refractivity (Wildman–Crippen MR) is 157 cm³/mol. The Morgan fingerprint density at radius 1 is 0.763 bits per heavy atom. The first-order valence-corrected chi connectivity index (χ1v) is 12.9. The first-order valence-electron chi connectivity index (χ1n) is 12.9. The Hall–Kier alpha value is -1.01. The fourth-order valence-electron chi connectivity index (χ4n) is 5.37. The van der Waals surface area contributed by atoms with Gasteiger partial charge in [-0.05, 0) is 35.4 Å². The molecule has 3 heteroatoms. The van der Waals surface area contributed by atoms with Gasteiger partial charge in [0, 0.05) is 0 Å². The van der Waals surface area contributed by atoms with E-state index in [9.17, 15) is 0 Å². The van der Waals surface area contributed by atoms with Gasteiger partial charge in [-0.15, -0.1) is 35.4 Å². The van der Waals surface area contributed by atoms with Crippen LogP contribution in [0.3, 0.4) is 0 Å². The van der Waals surface area contributed by atoms with Gasteiger partial charge in [-0.1, -0.05) is 105 Å².